The first-order valence-electron chi connectivity index (χ1n) is 6.99. The van der Waals surface area contributed by atoms with E-state index in [0.29, 0.717) is 16.8 Å². The molecular weight excluding hydrogens is 296 g/mol. The molecule has 0 saturated heterocycles. The molecule has 0 atom stereocenters. The number of nitrogens with zero attached hydrogens (tertiary/aromatic N) is 1. The molecule has 0 unspecified atom stereocenters. The number of aryl methyl sites for hydroxylation is 1. The van der Waals surface area contributed by atoms with Crippen LogP contribution in [0.15, 0.2) is 53.3 Å². The molecule has 3 rings (SSSR count). The highest BCUT2D eigenvalue weighted by atomic mass is 16.5. The highest BCUT2D eigenvalue weighted by Crippen LogP contribution is 2.17. The average molecular weight is 310 g/mol. The van der Waals surface area contributed by atoms with E-state index < -0.39 is 11.9 Å². The van der Waals surface area contributed by atoms with E-state index in [2.05, 4.69) is 10.3 Å². The lowest BCUT2D eigenvalue weighted by Gasteiger charge is -2.07. The van der Waals surface area contributed by atoms with E-state index in [4.69, 9.17) is 9.15 Å². The second-order valence-corrected chi connectivity index (χ2v) is 5.00. The predicted octanol–water partition coefficient (Wildman–Crippen LogP) is 2.93. The molecule has 1 heterocycles. The quantitative estimate of drug-likeness (QED) is 0.749. The van der Waals surface area contributed by atoms with Gasteiger partial charge in [0, 0.05) is 5.69 Å². The van der Waals surface area contributed by atoms with Crippen molar-refractivity contribution in [1.29, 1.82) is 0 Å². The second kappa shape index (κ2) is 6.31. The van der Waals surface area contributed by atoms with Crippen LogP contribution in [-0.2, 0) is 9.53 Å². The first-order chi connectivity index (χ1) is 11.1. The van der Waals surface area contributed by atoms with Crippen molar-refractivity contribution in [3.8, 4) is 0 Å². The molecule has 2 aromatic carbocycles. The number of nitrogens with one attached hydrogen (secondary N) is 1. The summed E-state index contributed by atoms with van der Waals surface area (Å²) in [6.45, 7) is 1.55. The van der Waals surface area contributed by atoms with Gasteiger partial charge in [-0.15, -0.1) is 0 Å². The van der Waals surface area contributed by atoms with Gasteiger partial charge in [0.05, 0.1) is 5.56 Å². The number of hydrogen-bond donors (Lipinski definition) is 1. The maximum atomic E-state index is 12.1. The number of rotatable bonds is 4. The van der Waals surface area contributed by atoms with Gasteiger partial charge >= 0.3 is 5.97 Å². The van der Waals surface area contributed by atoms with Gasteiger partial charge in [-0.3, -0.25) is 4.79 Å². The summed E-state index contributed by atoms with van der Waals surface area (Å²) in [4.78, 5) is 27.9. The Morgan fingerprint density at radius 2 is 2.04 bits per heavy atom. The van der Waals surface area contributed by atoms with Crippen LogP contribution >= 0.6 is 0 Å². The molecule has 6 heteroatoms. The topological polar surface area (TPSA) is 81.4 Å². The lowest BCUT2D eigenvalue weighted by molar-refractivity contribution is -0.119. The van der Waals surface area contributed by atoms with E-state index in [0.717, 1.165) is 5.56 Å². The first-order valence-corrected chi connectivity index (χ1v) is 6.99. The molecular formula is C17H14N2O4. The minimum atomic E-state index is -0.621. The molecule has 0 aliphatic carbocycles. The molecule has 1 aromatic heterocycles. The van der Waals surface area contributed by atoms with Crippen molar-refractivity contribution in [2.24, 2.45) is 0 Å². The number of fused-ring (bicyclic) bond motifs is 1. The maximum absolute atomic E-state index is 12.1. The number of ether oxygens (including phenoxy) is 1. The van der Waals surface area contributed by atoms with E-state index in [1.54, 1.807) is 24.3 Å². The van der Waals surface area contributed by atoms with Crippen LogP contribution in [0.3, 0.4) is 0 Å². The lowest BCUT2D eigenvalue weighted by atomic mass is 10.2. The van der Waals surface area contributed by atoms with Crippen LogP contribution in [0.2, 0.25) is 0 Å². The molecule has 6 nitrogen and oxygen atoms in total. The molecule has 0 spiro atoms. The molecule has 0 saturated carbocycles. The Labute approximate surface area is 132 Å². The monoisotopic (exact) mass is 310 g/mol. The minimum Gasteiger partial charge on any atom is -0.452 e. The second-order valence-electron chi connectivity index (χ2n) is 5.00. The molecule has 23 heavy (non-hydrogen) atoms. The van der Waals surface area contributed by atoms with E-state index in [-0.39, 0.29) is 12.2 Å². The van der Waals surface area contributed by atoms with Crippen LogP contribution in [0, 0.1) is 6.92 Å². The van der Waals surface area contributed by atoms with E-state index >= 15 is 0 Å². The van der Waals surface area contributed by atoms with Gasteiger partial charge in [0.15, 0.2) is 18.6 Å². The maximum Gasteiger partial charge on any atom is 0.340 e. The Balaban J connectivity index is 1.62. The van der Waals surface area contributed by atoms with Gasteiger partial charge in [-0.05, 0) is 36.8 Å². The predicted molar refractivity (Wildman–Crippen MR) is 84.1 cm³/mol. The Kier molecular flexibility index (Phi) is 4.05. The number of aromatic nitrogens is 1. The number of anilines is 1. The van der Waals surface area contributed by atoms with Gasteiger partial charge in [-0.25, -0.2) is 9.78 Å². The van der Waals surface area contributed by atoms with Crippen LogP contribution < -0.4 is 5.32 Å². The van der Waals surface area contributed by atoms with E-state index in [1.165, 1.54) is 6.39 Å². The largest absolute Gasteiger partial charge is 0.452 e. The smallest absolute Gasteiger partial charge is 0.340 e. The molecule has 0 fully saturated rings. The Morgan fingerprint density at radius 1 is 1.22 bits per heavy atom. The fourth-order valence-corrected chi connectivity index (χ4v) is 2.18. The number of carbonyl (C=O) groups is 2. The molecule has 0 aliphatic heterocycles. The van der Waals surface area contributed by atoms with Crippen molar-refractivity contribution in [2.45, 2.75) is 6.92 Å². The van der Waals surface area contributed by atoms with Crippen LogP contribution in [0.4, 0.5) is 5.69 Å². The number of para-hydroxylation sites is 1. The number of esters is 1. The van der Waals surface area contributed by atoms with Crippen molar-refractivity contribution in [3.63, 3.8) is 0 Å². The van der Waals surface area contributed by atoms with Gasteiger partial charge in [-0.2, -0.15) is 0 Å². The molecule has 0 bridgehead atoms. The zero-order chi connectivity index (χ0) is 16.2. The lowest BCUT2D eigenvalue weighted by Crippen LogP contribution is -2.21. The molecule has 1 N–H and O–H groups in total. The number of benzene rings is 2. The summed E-state index contributed by atoms with van der Waals surface area (Å²) < 4.78 is 10.2. The summed E-state index contributed by atoms with van der Waals surface area (Å²) in [5.41, 5.74) is 2.85. The normalized spacial score (nSPS) is 10.5. The van der Waals surface area contributed by atoms with Gasteiger partial charge in [0.2, 0.25) is 0 Å². The summed E-state index contributed by atoms with van der Waals surface area (Å²) in [5.74, 6) is -1.03. The Bertz CT molecular complexity index is 870. The van der Waals surface area contributed by atoms with Crippen LogP contribution in [0.25, 0.3) is 11.1 Å². The third kappa shape index (κ3) is 3.37. The van der Waals surface area contributed by atoms with Crippen molar-refractivity contribution in [3.05, 3.63) is 60.0 Å². The zero-order valence-electron chi connectivity index (χ0n) is 12.4. The third-order valence-corrected chi connectivity index (χ3v) is 3.22. The molecule has 0 radical (unpaired) electrons. The summed E-state index contributed by atoms with van der Waals surface area (Å²) in [6.07, 6.45) is 1.26. The molecule has 3 aromatic rings. The first kappa shape index (κ1) is 14.8. The van der Waals surface area contributed by atoms with Gasteiger partial charge in [0.25, 0.3) is 5.91 Å². The zero-order valence-corrected chi connectivity index (χ0v) is 12.4. The molecule has 0 aliphatic rings. The third-order valence-electron chi connectivity index (χ3n) is 3.22. The van der Waals surface area contributed by atoms with Crippen LogP contribution in [0.5, 0.6) is 0 Å². The fourth-order valence-electron chi connectivity index (χ4n) is 2.18. The molecule has 1 amide bonds. The number of carbonyl (C=O) groups excluding carboxylic acids is 2. The van der Waals surface area contributed by atoms with Crippen molar-refractivity contribution in [1.82, 2.24) is 4.98 Å². The van der Waals surface area contributed by atoms with E-state index in [1.807, 2.05) is 25.1 Å². The Hall–Kier alpha value is -3.15. The van der Waals surface area contributed by atoms with Crippen molar-refractivity contribution in [2.75, 3.05) is 11.9 Å². The van der Waals surface area contributed by atoms with Gasteiger partial charge in [0.1, 0.15) is 5.52 Å². The Morgan fingerprint density at radius 3 is 2.87 bits per heavy atom. The summed E-state index contributed by atoms with van der Waals surface area (Å²) in [7, 11) is 0. The number of amides is 1. The highest BCUT2D eigenvalue weighted by Gasteiger charge is 2.15. The summed E-state index contributed by atoms with van der Waals surface area (Å²) in [5, 5.41) is 2.67. The van der Waals surface area contributed by atoms with Crippen molar-refractivity contribution < 1.29 is 18.7 Å². The number of hydrogen-bond acceptors (Lipinski definition) is 5. The average Bonchev–Trinajstić information content (AvgIpc) is 3.01. The van der Waals surface area contributed by atoms with E-state index in [9.17, 15) is 9.59 Å². The van der Waals surface area contributed by atoms with Crippen molar-refractivity contribution >= 4 is 28.7 Å². The number of oxazole rings is 1. The van der Waals surface area contributed by atoms with Gasteiger partial charge in [-0.1, -0.05) is 18.2 Å². The SMILES string of the molecule is Cc1cccc(NC(=O)COC(=O)c2cccc3ocnc23)c1. The minimum absolute atomic E-state index is 0.264. The fraction of sp³-hybridized carbons (Fsp3) is 0.118. The summed E-state index contributed by atoms with van der Waals surface area (Å²) in [6, 6.07) is 12.3. The van der Waals surface area contributed by atoms with Crippen LogP contribution in [0.1, 0.15) is 15.9 Å². The summed E-state index contributed by atoms with van der Waals surface area (Å²) >= 11 is 0. The highest BCUT2D eigenvalue weighted by molar-refractivity contribution is 6.02. The van der Waals surface area contributed by atoms with Gasteiger partial charge < -0.3 is 14.5 Å². The van der Waals surface area contributed by atoms with Crippen LogP contribution in [-0.4, -0.2) is 23.5 Å². The molecule has 116 valence electrons. The standard InChI is InChI=1S/C17H14N2O4/c1-11-4-2-5-12(8-11)19-15(20)9-22-17(21)13-6-3-7-14-16(13)18-10-23-14/h2-8,10H,9H2,1H3,(H,19,20).